The number of halogens is 1. The van der Waals surface area contributed by atoms with Gasteiger partial charge in [0.05, 0.1) is 6.54 Å². The molecule has 1 heterocycles. The summed E-state index contributed by atoms with van der Waals surface area (Å²) >= 11 is 0. The summed E-state index contributed by atoms with van der Waals surface area (Å²) in [6.07, 6.45) is 3.53. The molecule has 3 nitrogen and oxygen atoms in total. The van der Waals surface area contributed by atoms with E-state index in [9.17, 15) is 4.39 Å². The Morgan fingerprint density at radius 2 is 2.33 bits per heavy atom. The van der Waals surface area contributed by atoms with Crippen molar-refractivity contribution >= 4 is 0 Å². The summed E-state index contributed by atoms with van der Waals surface area (Å²) in [5, 5.41) is 3.02. The third-order valence-electron chi connectivity index (χ3n) is 2.14. The Morgan fingerprint density at radius 3 is 3.07 bits per heavy atom. The fraction of sp³-hybridized carbons (Fsp3) is 0.182. The van der Waals surface area contributed by atoms with Crippen LogP contribution in [0.3, 0.4) is 0 Å². The molecular formula is C11H12FN3. The number of hydrogen-bond acceptors (Lipinski definition) is 2. The molecule has 0 aliphatic carbocycles. The molecule has 0 amide bonds. The van der Waals surface area contributed by atoms with Gasteiger partial charge < -0.3 is 9.88 Å². The number of imidazole rings is 1. The van der Waals surface area contributed by atoms with Crippen LogP contribution in [0.15, 0.2) is 36.7 Å². The highest BCUT2D eigenvalue weighted by atomic mass is 19.1. The highest BCUT2D eigenvalue weighted by Gasteiger charge is 2.03. The second-order valence-corrected chi connectivity index (χ2v) is 3.22. The molecule has 2 rings (SSSR count). The molecule has 4 heteroatoms. The number of rotatable bonds is 3. The lowest BCUT2D eigenvalue weighted by atomic mass is 10.3. The van der Waals surface area contributed by atoms with E-state index in [0.717, 1.165) is 11.5 Å². The van der Waals surface area contributed by atoms with E-state index in [2.05, 4.69) is 10.3 Å². The molecule has 0 unspecified atom stereocenters. The Kier molecular flexibility index (Phi) is 2.78. The van der Waals surface area contributed by atoms with Crippen LogP contribution >= 0.6 is 0 Å². The molecule has 1 aromatic carbocycles. The van der Waals surface area contributed by atoms with Crippen molar-refractivity contribution in [2.75, 3.05) is 7.05 Å². The standard InChI is InChI=1S/C11H12FN3/c1-13-8-11-14-5-6-15(11)10-4-2-3-9(12)7-10/h2-7,13H,8H2,1H3. The molecule has 2 aromatic rings. The van der Waals surface area contributed by atoms with Crippen molar-refractivity contribution in [3.8, 4) is 5.69 Å². The van der Waals surface area contributed by atoms with E-state index in [-0.39, 0.29) is 5.82 Å². The highest BCUT2D eigenvalue weighted by molar-refractivity contribution is 5.33. The highest BCUT2D eigenvalue weighted by Crippen LogP contribution is 2.11. The van der Waals surface area contributed by atoms with E-state index in [4.69, 9.17) is 0 Å². The Hall–Kier alpha value is -1.68. The number of nitrogens with one attached hydrogen (secondary N) is 1. The predicted octanol–water partition coefficient (Wildman–Crippen LogP) is 1.73. The first-order valence-corrected chi connectivity index (χ1v) is 4.74. The quantitative estimate of drug-likeness (QED) is 0.827. The molecule has 0 bridgehead atoms. The van der Waals surface area contributed by atoms with Crippen molar-refractivity contribution in [1.29, 1.82) is 0 Å². The molecule has 0 saturated heterocycles. The van der Waals surface area contributed by atoms with Crippen LogP contribution in [0.4, 0.5) is 4.39 Å². The first kappa shape index (κ1) is 9.86. The maximum atomic E-state index is 13.0. The first-order chi connectivity index (χ1) is 7.31. The van der Waals surface area contributed by atoms with Crippen molar-refractivity contribution in [2.24, 2.45) is 0 Å². The Labute approximate surface area is 87.6 Å². The first-order valence-electron chi connectivity index (χ1n) is 4.74. The summed E-state index contributed by atoms with van der Waals surface area (Å²) in [6.45, 7) is 0.656. The molecule has 15 heavy (non-hydrogen) atoms. The lowest BCUT2D eigenvalue weighted by Gasteiger charge is -2.07. The van der Waals surface area contributed by atoms with E-state index < -0.39 is 0 Å². The van der Waals surface area contributed by atoms with E-state index in [1.807, 2.05) is 23.9 Å². The molecule has 1 aromatic heterocycles. The summed E-state index contributed by atoms with van der Waals surface area (Å²) in [5.74, 6) is 0.625. The minimum atomic E-state index is -0.239. The number of benzene rings is 1. The van der Waals surface area contributed by atoms with Gasteiger partial charge in [0.25, 0.3) is 0 Å². The van der Waals surface area contributed by atoms with Crippen molar-refractivity contribution in [1.82, 2.24) is 14.9 Å². The van der Waals surface area contributed by atoms with E-state index in [0.29, 0.717) is 6.54 Å². The number of aromatic nitrogens is 2. The van der Waals surface area contributed by atoms with Crippen LogP contribution in [0.2, 0.25) is 0 Å². The summed E-state index contributed by atoms with van der Waals surface area (Å²) in [6, 6.07) is 6.46. The topological polar surface area (TPSA) is 29.9 Å². The number of nitrogens with zero attached hydrogens (tertiary/aromatic N) is 2. The maximum absolute atomic E-state index is 13.0. The van der Waals surface area contributed by atoms with Gasteiger partial charge in [0.2, 0.25) is 0 Å². The minimum absolute atomic E-state index is 0.239. The lowest BCUT2D eigenvalue weighted by Crippen LogP contribution is -2.11. The molecular weight excluding hydrogens is 193 g/mol. The van der Waals surface area contributed by atoms with Gasteiger partial charge >= 0.3 is 0 Å². The van der Waals surface area contributed by atoms with Gasteiger partial charge in [-0.25, -0.2) is 9.37 Å². The molecule has 0 aliphatic heterocycles. The molecule has 0 atom stereocenters. The average molecular weight is 205 g/mol. The Balaban J connectivity index is 2.40. The minimum Gasteiger partial charge on any atom is -0.313 e. The predicted molar refractivity (Wildman–Crippen MR) is 56.3 cm³/mol. The van der Waals surface area contributed by atoms with E-state index in [1.165, 1.54) is 12.1 Å². The van der Waals surface area contributed by atoms with Gasteiger partial charge in [-0.3, -0.25) is 0 Å². The van der Waals surface area contributed by atoms with Gasteiger partial charge in [0, 0.05) is 18.1 Å². The molecule has 0 fully saturated rings. The SMILES string of the molecule is CNCc1nccn1-c1cccc(F)c1. The average Bonchev–Trinajstić information content (AvgIpc) is 2.66. The molecule has 78 valence electrons. The zero-order valence-corrected chi connectivity index (χ0v) is 8.44. The molecule has 0 radical (unpaired) electrons. The lowest BCUT2D eigenvalue weighted by molar-refractivity contribution is 0.625. The van der Waals surface area contributed by atoms with E-state index >= 15 is 0 Å². The molecule has 0 aliphatic rings. The largest absolute Gasteiger partial charge is 0.313 e. The zero-order chi connectivity index (χ0) is 10.7. The third kappa shape index (κ3) is 2.05. The van der Waals surface area contributed by atoms with Crippen LogP contribution in [0.5, 0.6) is 0 Å². The smallest absolute Gasteiger partial charge is 0.127 e. The van der Waals surface area contributed by atoms with Crippen molar-refractivity contribution in [3.63, 3.8) is 0 Å². The zero-order valence-electron chi connectivity index (χ0n) is 8.44. The summed E-state index contributed by atoms with van der Waals surface area (Å²) in [7, 11) is 1.85. The van der Waals surface area contributed by atoms with Crippen molar-refractivity contribution < 1.29 is 4.39 Å². The van der Waals surface area contributed by atoms with E-state index in [1.54, 1.807) is 12.3 Å². The number of hydrogen-bond donors (Lipinski definition) is 1. The summed E-state index contributed by atoms with van der Waals surface area (Å²) in [4.78, 5) is 4.19. The van der Waals surface area contributed by atoms with Crippen LogP contribution < -0.4 is 5.32 Å². The maximum Gasteiger partial charge on any atom is 0.127 e. The molecule has 1 N–H and O–H groups in total. The van der Waals surface area contributed by atoms with Crippen LogP contribution in [-0.2, 0) is 6.54 Å². The Morgan fingerprint density at radius 1 is 1.47 bits per heavy atom. The summed E-state index contributed by atoms with van der Waals surface area (Å²) < 4.78 is 14.9. The van der Waals surface area contributed by atoms with Gasteiger partial charge in [-0.2, -0.15) is 0 Å². The van der Waals surface area contributed by atoms with Crippen molar-refractivity contribution in [2.45, 2.75) is 6.54 Å². The van der Waals surface area contributed by atoms with Gasteiger partial charge in [-0.15, -0.1) is 0 Å². The second-order valence-electron chi connectivity index (χ2n) is 3.22. The molecule has 0 spiro atoms. The van der Waals surface area contributed by atoms with Crippen LogP contribution in [0.25, 0.3) is 5.69 Å². The van der Waals surface area contributed by atoms with Crippen molar-refractivity contribution in [3.05, 3.63) is 48.3 Å². The van der Waals surface area contributed by atoms with Gasteiger partial charge in [-0.1, -0.05) is 6.07 Å². The van der Waals surface area contributed by atoms with Crippen LogP contribution in [-0.4, -0.2) is 16.6 Å². The fourth-order valence-corrected chi connectivity index (χ4v) is 1.48. The fourth-order valence-electron chi connectivity index (χ4n) is 1.48. The van der Waals surface area contributed by atoms with Crippen LogP contribution in [0, 0.1) is 5.82 Å². The molecule has 0 saturated carbocycles. The van der Waals surface area contributed by atoms with Crippen LogP contribution in [0.1, 0.15) is 5.82 Å². The third-order valence-corrected chi connectivity index (χ3v) is 2.14. The summed E-state index contributed by atoms with van der Waals surface area (Å²) in [5.41, 5.74) is 0.790. The van der Waals surface area contributed by atoms with Gasteiger partial charge in [-0.05, 0) is 25.2 Å². The second kappa shape index (κ2) is 4.23. The normalized spacial score (nSPS) is 10.5. The monoisotopic (exact) mass is 205 g/mol. The van der Waals surface area contributed by atoms with Gasteiger partial charge in [0.1, 0.15) is 11.6 Å². The van der Waals surface area contributed by atoms with Gasteiger partial charge in [0.15, 0.2) is 0 Å². The Bertz CT molecular complexity index is 451.